The molecule has 2 aliphatic rings. The molecule has 0 fully saturated rings. The van der Waals surface area contributed by atoms with Crippen molar-refractivity contribution < 1.29 is 24.3 Å². The Morgan fingerprint density at radius 2 is 1.58 bits per heavy atom. The van der Waals surface area contributed by atoms with Crippen LogP contribution in [-0.4, -0.2) is 22.6 Å². The van der Waals surface area contributed by atoms with Crippen LogP contribution in [-0.2, 0) is 16.1 Å². The van der Waals surface area contributed by atoms with Gasteiger partial charge in [-0.05, 0) is 47.6 Å². The van der Waals surface area contributed by atoms with Gasteiger partial charge in [0.2, 0.25) is 5.78 Å². The van der Waals surface area contributed by atoms with Crippen molar-refractivity contribution in [1.82, 2.24) is 0 Å². The average molecular weight is 497 g/mol. The third-order valence-electron chi connectivity index (χ3n) is 5.91. The predicted octanol–water partition coefficient (Wildman–Crippen LogP) is 5.44. The van der Waals surface area contributed by atoms with Gasteiger partial charge >= 0.3 is 0 Å². The summed E-state index contributed by atoms with van der Waals surface area (Å²) in [4.78, 5) is 12.9. The highest BCUT2D eigenvalue weighted by Crippen LogP contribution is 2.37. The van der Waals surface area contributed by atoms with Crippen LogP contribution in [0.1, 0.15) is 16.7 Å². The van der Waals surface area contributed by atoms with Crippen LogP contribution in [0.15, 0.2) is 120 Å². The minimum Gasteiger partial charge on any atom is -0.506 e. The third kappa shape index (κ3) is 4.80. The number of hydrogen-bond acceptors (Lipinski definition) is 4. The molecular formula is C30H23ClNO4+. The zero-order chi connectivity index (χ0) is 25.1. The molecule has 0 bridgehead atoms. The predicted molar refractivity (Wildman–Crippen MR) is 139 cm³/mol. The van der Waals surface area contributed by atoms with Gasteiger partial charge in [0.25, 0.3) is 0 Å². The normalized spacial score (nSPS) is 17.6. The number of benzene rings is 2. The number of ketones is 1. The third-order valence-corrected chi connectivity index (χ3v) is 6.24. The highest BCUT2D eigenvalue weighted by Gasteiger charge is 2.32. The zero-order valence-electron chi connectivity index (χ0n) is 19.3. The van der Waals surface area contributed by atoms with Gasteiger partial charge in [-0.3, -0.25) is 4.79 Å². The minimum atomic E-state index is -0.235. The lowest BCUT2D eigenvalue weighted by Gasteiger charge is -2.22. The maximum Gasteiger partial charge on any atom is 0.200 e. The zero-order valence-corrected chi connectivity index (χ0v) is 20.0. The molecule has 2 heterocycles. The fourth-order valence-corrected chi connectivity index (χ4v) is 4.25. The lowest BCUT2D eigenvalue weighted by molar-refractivity contribution is -0.698. The molecule has 6 heteroatoms. The van der Waals surface area contributed by atoms with Crippen LogP contribution < -0.4 is 4.57 Å². The van der Waals surface area contributed by atoms with E-state index in [1.807, 2.05) is 83.7 Å². The molecule has 1 aliphatic heterocycles. The van der Waals surface area contributed by atoms with Crippen molar-refractivity contribution in [2.24, 2.45) is 0 Å². The van der Waals surface area contributed by atoms with Gasteiger partial charge in [0.1, 0.15) is 23.9 Å². The van der Waals surface area contributed by atoms with E-state index in [1.165, 1.54) is 0 Å². The van der Waals surface area contributed by atoms with E-state index in [9.17, 15) is 9.90 Å². The molecule has 0 unspecified atom stereocenters. The number of aliphatic hydroxyl groups is 2. The molecule has 178 valence electrons. The number of allylic oxidation sites excluding steroid dienone is 6. The van der Waals surface area contributed by atoms with Crippen molar-refractivity contribution in [2.45, 2.75) is 6.54 Å². The summed E-state index contributed by atoms with van der Waals surface area (Å²) >= 11 is 6.43. The van der Waals surface area contributed by atoms with Gasteiger partial charge in [-0.25, -0.2) is 4.57 Å². The molecule has 0 saturated heterocycles. The van der Waals surface area contributed by atoms with E-state index in [2.05, 4.69) is 0 Å². The van der Waals surface area contributed by atoms with Crippen molar-refractivity contribution in [3.05, 3.63) is 142 Å². The van der Waals surface area contributed by atoms with Crippen LogP contribution in [0.25, 0.3) is 17.6 Å². The second-order valence-electron chi connectivity index (χ2n) is 8.35. The number of hydrogen-bond donors (Lipinski definition) is 2. The molecule has 1 aliphatic carbocycles. The standard InChI is InChI=1S/C30H22ClNO4/c31-26-9-5-4-8-23(26)28-19-21(18-27(36-28)22-6-2-1-3-7-22)17-25-29(34)24(30(25)35)16-20-10-12-32(13-11-20)14-15-33/h1-13,16-19,33H,14-15H2/p+1. The molecule has 0 radical (unpaired) electrons. The Morgan fingerprint density at radius 3 is 2.28 bits per heavy atom. The number of rotatable bonds is 6. The SMILES string of the molecule is O=C1C(=Cc2cc[n+](CCO)cc2)C(O)=C1C=C1C=C(c2ccccc2)OC(c2ccccc2Cl)=C1. The van der Waals surface area contributed by atoms with Gasteiger partial charge in [0.15, 0.2) is 18.9 Å². The van der Waals surface area contributed by atoms with Gasteiger partial charge in [-0.15, -0.1) is 0 Å². The van der Waals surface area contributed by atoms with Crippen LogP contribution in [0.4, 0.5) is 0 Å². The van der Waals surface area contributed by atoms with Crippen LogP contribution in [0.2, 0.25) is 5.02 Å². The molecular weight excluding hydrogens is 474 g/mol. The molecule has 0 amide bonds. The quantitative estimate of drug-likeness (QED) is 0.352. The fourth-order valence-electron chi connectivity index (χ4n) is 4.02. The second kappa shape index (κ2) is 10.2. The smallest absolute Gasteiger partial charge is 0.200 e. The summed E-state index contributed by atoms with van der Waals surface area (Å²) in [5.41, 5.74) is 3.59. The van der Waals surface area contributed by atoms with Crippen LogP contribution in [0.5, 0.6) is 0 Å². The van der Waals surface area contributed by atoms with Crippen molar-refractivity contribution in [3.63, 3.8) is 0 Å². The second-order valence-corrected chi connectivity index (χ2v) is 8.76. The maximum absolute atomic E-state index is 12.9. The summed E-state index contributed by atoms with van der Waals surface area (Å²) in [5, 5.41) is 20.3. The number of ether oxygens (including phenoxy) is 1. The van der Waals surface area contributed by atoms with Gasteiger partial charge in [0.05, 0.1) is 16.2 Å². The molecule has 2 aromatic carbocycles. The van der Waals surface area contributed by atoms with E-state index < -0.39 is 0 Å². The average Bonchev–Trinajstić information content (AvgIpc) is 2.92. The summed E-state index contributed by atoms with van der Waals surface area (Å²) in [6, 6.07) is 20.7. The van der Waals surface area contributed by atoms with E-state index in [-0.39, 0.29) is 29.3 Å². The Bertz CT molecular complexity index is 1480. The summed E-state index contributed by atoms with van der Waals surface area (Å²) in [6.45, 7) is 0.536. The topological polar surface area (TPSA) is 70.6 Å². The molecule has 5 nitrogen and oxygen atoms in total. The molecule has 5 rings (SSSR count). The van der Waals surface area contributed by atoms with Gasteiger partial charge in [-0.1, -0.05) is 54.1 Å². The Labute approximate surface area is 213 Å². The van der Waals surface area contributed by atoms with E-state index in [4.69, 9.17) is 21.4 Å². The fraction of sp³-hybridized carbons (Fsp3) is 0.0667. The van der Waals surface area contributed by atoms with E-state index in [0.29, 0.717) is 28.7 Å². The largest absolute Gasteiger partial charge is 0.506 e. The van der Waals surface area contributed by atoms with Crippen molar-refractivity contribution >= 4 is 35.0 Å². The monoisotopic (exact) mass is 496 g/mol. The van der Waals surface area contributed by atoms with E-state index >= 15 is 0 Å². The number of Topliss-reactive ketones (excluding diaryl/α,β-unsaturated/α-hetero) is 1. The van der Waals surface area contributed by atoms with Crippen molar-refractivity contribution in [3.8, 4) is 0 Å². The first-order chi connectivity index (χ1) is 17.5. The summed E-state index contributed by atoms with van der Waals surface area (Å²) in [7, 11) is 0. The van der Waals surface area contributed by atoms with Gasteiger partial charge < -0.3 is 14.9 Å². The number of carbonyl (C=O) groups excluding carboxylic acids is 1. The molecule has 3 aromatic rings. The Kier molecular flexibility index (Phi) is 6.67. The lowest BCUT2D eigenvalue weighted by atomic mass is 9.85. The van der Waals surface area contributed by atoms with E-state index in [1.54, 1.807) is 24.3 Å². The number of pyridine rings is 1. The highest BCUT2D eigenvalue weighted by molar-refractivity contribution is 6.32. The molecule has 1 aromatic heterocycles. The number of aliphatic hydroxyl groups excluding tert-OH is 2. The maximum atomic E-state index is 12.9. The van der Waals surface area contributed by atoms with Gasteiger partial charge in [0, 0.05) is 23.3 Å². The first kappa shape index (κ1) is 23.5. The van der Waals surface area contributed by atoms with Gasteiger partial charge in [-0.2, -0.15) is 0 Å². The molecule has 2 N–H and O–H groups in total. The first-order valence-electron chi connectivity index (χ1n) is 11.5. The van der Waals surface area contributed by atoms with E-state index in [0.717, 1.165) is 16.7 Å². The summed E-state index contributed by atoms with van der Waals surface area (Å²) < 4.78 is 8.02. The van der Waals surface area contributed by atoms with Crippen molar-refractivity contribution in [1.29, 1.82) is 0 Å². The minimum absolute atomic E-state index is 0.0449. The number of halogens is 1. The van der Waals surface area contributed by atoms with Crippen LogP contribution in [0.3, 0.4) is 0 Å². The lowest BCUT2D eigenvalue weighted by Crippen LogP contribution is -2.34. The Morgan fingerprint density at radius 1 is 0.889 bits per heavy atom. The van der Waals surface area contributed by atoms with Crippen molar-refractivity contribution in [2.75, 3.05) is 6.61 Å². The Balaban J connectivity index is 1.51. The summed E-state index contributed by atoms with van der Waals surface area (Å²) in [5.74, 6) is 0.882. The highest BCUT2D eigenvalue weighted by atomic mass is 35.5. The molecule has 0 atom stereocenters. The van der Waals surface area contributed by atoms with Crippen LogP contribution in [0, 0.1) is 0 Å². The summed E-state index contributed by atoms with van der Waals surface area (Å²) in [6.07, 6.45) is 10.6. The molecule has 36 heavy (non-hydrogen) atoms. The number of carbonyl (C=O) groups is 1. The Hall–Kier alpha value is -4.19. The number of aromatic nitrogens is 1. The molecule has 0 spiro atoms. The van der Waals surface area contributed by atoms with Crippen LogP contribution >= 0.6 is 11.6 Å². The molecule has 0 saturated carbocycles. The number of nitrogens with zero attached hydrogens (tertiary/aromatic N) is 1. The first-order valence-corrected chi connectivity index (χ1v) is 11.8.